The molecule has 0 spiro atoms. The molecule has 5 heteroatoms. The van der Waals surface area contributed by atoms with Crippen LogP contribution in [-0.4, -0.2) is 39.4 Å². The second-order valence-electron chi connectivity index (χ2n) is 4.32. The molecule has 0 aromatic rings. The highest BCUT2D eigenvalue weighted by atomic mass is 32.2. The van der Waals surface area contributed by atoms with Gasteiger partial charge in [0.1, 0.15) is 0 Å². The first-order valence-corrected chi connectivity index (χ1v) is 7.25. The van der Waals surface area contributed by atoms with Crippen molar-refractivity contribution < 1.29 is 17.9 Å². The Bertz CT molecular complexity index is 265. The second kappa shape index (κ2) is 5.82. The highest BCUT2D eigenvalue weighted by molar-refractivity contribution is 7.91. The standard InChI is InChI=1S/C10H20O4S/c1-9(2)8-15(11,12)7-4-10-13-5-3-6-14-10/h9-10H,3-8H2,1-2H3. The summed E-state index contributed by atoms with van der Waals surface area (Å²) in [7, 11) is -2.94. The molecular formula is C10H20O4S. The van der Waals surface area contributed by atoms with Gasteiger partial charge in [-0.15, -0.1) is 0 Å². The molecule has 0 aliphatic carbocycles. The maximum absolute atomic E-state index is 11.6. The van der Waals surface area contributed by atoms with E-state index >= 15 is 0 Å². The summed E-state index contributed by atoms with van der Waals surface area (Å²) in [6, 6.07) is 0. The number of rotatable bonds is 5. The minimum atomic E-state index is -2.94. The molecule has 1 heterocycles. The van der Waals surface area contributed by atoms with Crippen LogP contribution >= 0.6 is 0 Å². The van der Waals surface area contributed by atoms with Gasteiger partial charge in [-0.05, 0) is 12.3 Å². The van der Waals surface area contributed by atoms with Crippen LogP contribution in [0.5, 0.6) is 0 Å². The third-order valence-electron chi connectivity index (χ3n) is 2.15. The Balaban J connectivity index is 2.28. The van der Waals surface area contributed by atoms with Gasteiger partial charge in [-0.2, -0.15) is 0 Å². The zero-order chi connectivity index (χ0) is 11.3. The van der Waals surface area contributed by atoms with Gasteiger partial charge in [0.2, 0.25) is 0 Å². The molecule has 1 saturated heterocycles. The largest absolute Gasteiger partial charge is 0.353 e. The number of sulfone groups is 1. The van der Waals surface area contributed by atoms with E-state index in [-0.39, 0.29) is 23.7 Å². The lowest BCUT2D eigenvalue weighted by atomic mass is 10.3. The number of hydrogen-bond donors (Lipinski definition) is 0. The lowest BCUT2D eigenvalue weighted by Gasteiger charge is -2.23. The lowest BCUT2D eigenvalue weighted by molar-refractivity contribution is -0.178. The Morgan fingerprint density at radius 3 is 2.40 bits per heavy atom. The van der Waals surface area contributed by atoms with Crippen LogP contribution in [0.15, 0.2) is 0 Å². The molecule has 0 saturated carbocycles. The molecule has 0 aromatic carbocycles. The van der Waals surface area contributed by atoms with Crippen molar-refractivity contribution in [3.05, 3.63) is 0 Å². The van der Waals surface area contributed by atoms with E-state index in [0.29, 0.717) is 19.6 Å². The predicted octanol–water partition coefficient (Wildman–Crippen LogP) is 1.21. The van der Waals surface area contributed by atoms with E-state index in [1.165, 1.54) is 0 Å². The summed E-state index contributed by atoms with van der Waals surface area (Å²) in [5.41, 5.74) is 0. The number of ether oxygens (including phenoxy) is 2. The first-order chi connectivity index (χ1) is 6.99. The Hall–Kier alpha value is -0.130. The van der Waals surface area contributed by atoms with Crippen LogP contribution in [0, 0.1) is 5.92 Å². The lowest BCUT2D eigenvalue weighted by Crippen LogP contribution is -2.28. The summed E-state index contributed by atoms with van der Waals surface area (Å²) in [5, 5.41) is 0. The van der Waals surface area contributed by atoms with Gasteiger partial charge in [-0.3, -0.25) is 0 Å². The van der Waals surface area contributed by atoms with Crippen LogP contribution in [0.1, 0.15) is 26.7 Å². The fourth-order valence-corrected chi connectivity index (χ4v) is 3.30. The normalized spacial score (nSPS) is 19.7. The van der Waals surface area contributed by atoms with Gasteiger partial charge in [0, 0.05) is 6.42 Å². The fourth-order valence-electron chi connectivity index (χ4n) is 1.57. The van der Waals surface area contributed by atoms with Crippen molar-refractivity contribution in [2.24, 2.45) is 5.92 Å². The van der Waals surface area contributed by atoms with Crippen LogP contribution in [-0.2, 0) is 19.3 Å². The topological polar surface area (TPSA) is 52.6 Å². The molecule has 0 bridgehead atoms. The summed E-state index contributed by atoms with van der Waals surface area (Å²) >= 11 is 0. The molecule has 90 valence electrons. The van der Waals surface area contributed by atoms with Crippen LogP contribution in [0.3, 0.4) is 0 Å². The van der Waals surface area contributed by atoms with E-state index in [0.717, 1.165) is 6.42 Å². The zero-order valence-corrected chi connectivity index (χ0v) is 10.3. The van der Waals surface area contributed by atoms with Gasteiger partial charge >= 0.3 is 0 Å². The van der Waals surface area contributed by atoms with Gasteiger partial charge in [0.05, 0.1) is 24.7 Å². The SMILES string of the molecule is CC(C)CS(=O)(=O)CCC1OCCCO1. The van der Waals surface area contributed by atoms with Crippen molar-refractivity contribution in [3.8, 4) is 0 Å². The van der Waals surface area contributed by atoms with Crippen molar-refractivity contribution in [1.82, 2.24) is 0 Å². The average molecular weight is 236 g/mol. The van der Waals surface area contributed by atoms with Crippen molar-refractivity contribution in [1.29, 1.82) is 0 Å². The van der Waals surface area contributed by atoms with E-state index in [1.54, 1.807) is 0 Å². The van der Waals surface area contributed by atoms with Crippen molar-refractivity contribution in [3.63, 3.8) is 0 Å². The quantitative estimate of drug-likeness (QED) is 0.720. The highest BCUT2D eigenvalue weighted by Crippen LogP contribution is 2.11. The summed E-state index contributed by atoms with van der Waals surface area (Å²) < 4.78 is 33.7. The van der Waals surface area contributed by atoms with E-state index in [9.17, 15) is 8.42 Å². The molecular weight excluding hydrogens is 216 g/mol. The Labute approximate surface area is 91.9 Å². The number of hydrogen-bond acceptors (Lipinski definition) is 4. The zero-order valence-electron chi connectivity index (χ0n) is 9.44. The van der Waals surface area contributed by atoms with Gasteiger partial charge in [0.25, 0.3) is 0 Å². The molecule has 0 aromatic heterocycles. The van der Waals surface area contributed by atoms with E-state index < -0.39 is 9.84 Å². The van der Waals surface area contributed by atoms with Crippen LogP contribution < -0.4 is 0 Å². The molecule has 1 fully saturated rings. The molecule has 0 amide bonds. The Morgan fingerprint density at radius 2 is 1.87 bits per heavy atom. The molecule has 1 aliphatic heterocycles. The predicted molar refractivity (Wildman–Crippen MR) is 58.4 cm³/mol. The van der Waals surface area contributed by atoms with Crippen molar-refractivity contribution >= 4 is 9.84 Å². The summed E-state index contributed by atoms with van der Waals surface area (Å²) in [4.78, 5) is 0. The molecule has 15 heavy (non-hydrogen) atoms. The van der Waals surface area contributed by atoms with Crippen molar-refractivity contribution in [2.75, 3.05) is 24.7 Å². The maximum atomic E-state index is 11.6. The van der Waals surface area contributed by atoms with E-state index in [4.69, 9.17) is 9.47 Å². The van der Waals surface area contributed by atoms with Crippen LogP contribution in [0.25, 0.3) is 0 Å². The Morgan fingerprint density at radius 1 is 1.27 bits per heavy atom. The first-order valence-electron chi connectivity index (χ1n) is 5.43. The second-order valence-corrected chi connectivity index (χ2v) is 6.55. The van der Waals surface area contributed by atoms with E-state index in [2.05, 4.69) is 0 Å². The molecule has 1 aliphatic rings. The van der Waals surface area contributed by atoms with Crippen molar-refractivity contribution in [2.45, 2.75) is 33.0 Å². The summed E-state index contributed by atoms with van der Waals surface area (Å²) in [6.07, 6.45) is 1.03. The summed E-state index contributed by atoms with van der Waals surface area (Å²) in [5.74, 6) is 0.596. The van der Waals surface area contributed by atoms with Gasteiger partial charge < -0.3 is 9.47 Å². The smallest absolute Gasteiger partial charge is 0.158 e. The molecule has 0 N–H and O–H groups in total. The Kier molecular flexibility index (Phi) is 5.02. The third-order valence-corrected chi connectivity index (χ3v) is 4.18. The highest BCUT2D eigenvalue weighted by Gasteiger charge is 2.19. The fraction of sp³-hybridized carbons (Fsp3) is 1.00. The molecule has 0 atom stereocenters. The minimum Gasteiger partial charge on any atom is -0.353 e. The molecule has 0 radical (unpaired) electrons. The molecule has 1 rings (SSSR count). The minimum absolute atomic E-state index is 0.163. The van der Waals surface area contributed by atoms with Gasteiger partial charge in [0.15, 0.2) is 16.1 Å². The van der Waals surface area contributed by atoms with Crippen LogP contribution in [0.2, 0.25) is 0 Å². The van der Waals surface area contributed by atoms with E-state index in [1.807, 2.05) is 13.8 Å². The summed E-state index contributed by atoms with van der Waals surface area (Å²) in [6.45, 7) is 5.17. The molecule has 0 unspecified atom stereocenters. The van der Waals surface area contributed by atoms with Gasteiger partial charge in [-0.25, -0.2) is 8.42 Å². The van der Waals surface area contributed by atoms with Gasteiger partial charge in [-0.1, -0.05) is 13.8 Å². The maximum Gasteiger partial charge on any atom is 0.158 e. The van der Waals surface area contributed by atoms with Crippen LogP contribution in [0.4, 0.5) is 0 Å². The molecule has 4 nitrogen and oxygen atoms in total. The first kappa shape index (κ1) is 12.9. The third kappa shape index (κ3) is 5.49. The monoisotopic (exact) mass is 236 g/mol. The average Bonchev–Trinajstić information content (AvgIpc) is 2.15.